The number of amides is 2. The summed E-state index contributed by atoms with van der Waals surface area (Å²) in [5.41, 5.74) is 5.68. The fourth-order valence-corrected chi connectivity index (χ4v) is 4.46. The lowest BCUT2D eigenvalue weighted by Crippen LogP contribution is -2.46. The first-order chi connectivity index (χ1) is 14.5. The Morgan fingerprint density at radius 1 is 1.20 bits per heavy atom. The van der Waals surface area contributed by atoms with Crippen LogP contribution in [0, 0.1) is 13.8 Å². The van der Waals surface area contributed by atoms with Crippen molar-refractivity contribution < 1.29 is 14.3 Å². The van der Waals surface area contributed by atoms with Gasteiger partial charge in [0.1, 0.15) is 0 Å². The normalized spacial score (nSPS) is 16.4. The fraction of sp³-hybridized carbons (Fsp3) is 0.227. The average molecular weight is 423 g/mol. The summed E-state index contributed by atoms with van der Waals surface area (Å²) in [6, 6.07) is 12.7. The number of hydrogen-bond acceptors (Lipinski definition) is 5. The van der Waals surface area contributed by atoms with Gasteiger partial charge in [0, 0.05) is 11.4 Å². The molecule has 30 heavy (non-hydrogen) atoms. The van der Waals surface area contributed by atoms with Gasteiger partial charge in [-0.3, -0.25) is 0 Å². The zero-order chi connectivity index (χ0) is 21.3. The number of para-hydroxylation sites is 2. The number of nitrogens with one attached hydrogen (secondary N) is 3. The highest BCUT2D eigenvalue weighted by Gasteiger charge is 2.34. The number of rotatable bonds is 5. The lowest BCUT2D eigenvalue weighted by atomic mass is 9.91. The Morgan fingerprint density at radius 2 is 2.00 bits per heavy atom. The van der Waals surface area contributed by atoms with Crippen LogP contribution in [0.2, 0.25) is 0 Å². The second kappa shape index (κ2) is 8.23. The summed E-state index contributed by atoms with van der Waals surface area (Å²) in [6.45, 7) is 3.97. The van der Waals surface area contributed by atoms with Crippen molar-refractivity contribution in [2.45, 2.75) is 25.0 Å². The molecule has 0 spiro atoms. The number of carbonyl (C=O) groups excluding carboxylic acids is 2. The Labute approximate surface area is 178 Å². The summed E-state index contributed by atoms with van der Waals surface area (Å²) in [5.74, 6) is -0.119. The van der Waals surface area contributed by atoms with Crippen LogP contribution in [-0.2, 0) is 9.53 Å². The molecule has 1 aromatic heterocycles. The van der Waals surface area contributed by atoms with Crippen LogP contribution in [0.1, 0.15) is 22.7 Å². The quantitative estimate of drug-likeness (QED) is 0.430. The number of nitrogens with zero attached hydrogens (tertiary/aromatic N) is 1. The van der Waals surface area contributed by atoms with Crippen molar-refractivity contribution in [3.63, 3.8) is 0 Å². The molecule has 1 aliphatic rings. The third-order valence-electron chi connectivity index (χ3n) is 5.02. The third-order valence-corrected chi connectivity index (χ3v) is 5.92. The molecule has 2 heterocycles. The number of carbonyl (C=O) groups is 2. The molecule has 1 atom stereocenters. The van der Waals surface area contributed by atoms with E-state index in [0.717, 1.165) is 27.7 Å². The number of aromatic nitrogens is 2. The molecule has 2 aromatic carbocycles. The summed E-state index contributed by atoms with van der Waals surface area (Å²) < 4.78 is 5.05. The smallest absolute Gasteiger partial charge is 0.338 e. The van der Waals surface area contributed by atoms with E-state index in [2.05, 4.69) is 20.6 Å². The molecule has 0 saturated heterocycles. The molecule has 8 heteroatoms. The van der Waals surface area contributed by atoms with Crippen LogP contribution < -0.4 is 10.6 Å². The molecule has 3 N–H and O–H groups in total. The molecule has 154 valence electrons. The van der Waals surface area contributed by atoms with Gasteiger partial charge in [-0.1, -0.05) is 47.7 Å². The van der Waals surface area contributed by atoms with Crippen LogP contribution in [0.15, 0.2) is 58.9 Å². The van der Waals surface area contributed by atoms with E-state index in [1.165, 1.54) is 18.9 Å². The van der Waals surface area contributed by atoms with Crippen LogP contribution in [0.5, 0.6) is 0 Å². The Bertz CT molecular complexity index is 1140. The van der Waals surface area contributed by atoms with E-state index in [-0.39, 0.29) is 6.03 Å². The van der Waals surface area contributed by atoms with Crippen molar-refractivity contribution in [2.24, 2.45) is 0 Å². The van der Waals surface area contributed by atoms with E-state index < -0.39 is 12.0 Å². The van der Waals surface area contributed by atoms with Gasteiger partial charge in [0.25, 0.3) is 0 Å². The average Bonchev–Trinajstić information content (AvgIpc) is 3.14. The van der Waals surface area contributed by atoms with Crippen molar-refractivity contribution in [3.8, 4) is 0 Å². The Kier molecular flexibility index (Phi) is 5.50. The number of H-pyrrole nitrogens is 1. The predicted molar refractivity (Wildman–Crippen MR) is 116 cm³/mol. The third kappa shape index (κ3) is 3.91. The summed E-state index contributed by atoms with van der Waals surface area (Å²) in [7, 11) is 1.34. The van der Waals surface area contributed by atoms with Crippen LogP contribution in [0.4, 0.5) is 4.79 Å². The van der Waals surface area contributed by atoms with E-state index in [4.69, 9.17) is 4.74 Å². The van der Waals surface area contributed by atoms with Crippen molar-refractivity contribution in [1.29, 1.82) is 0 Å². The number of aromatic amines is 1. The number of hydrogen-bond donors (Lipinski definition) is 3. The number of urea groups is 1. The van der Waals surface area contributed by atoms with E-state index >= 15 is 0 Å². The lowest BCUT2D eigenvalue weighted by Gasteiger charge is -2.30. The highest BCUT2D eigenvalue weighted by Crippen LogP contribution is 2.32. The van der Waals surface area contributed by atoms with Gasteiger partial charge in [-0.2, -0.15) is 0 Å². The maximum absolute atomic E-state index is 12.7. The second-order valence-corrected chi connectivity index (χ2v) is 8.09. The van der Waals surface area contributed by atoms with Gasteiger partial charge >= 0.3 is 12.0 Å². The van der Waals surface area contributed by atoms with Gasteiger partial charge < -0.3 is 20.4 Å². The molecule has 7 nitrogen and oxygen atoms in total. The topological polar surface area (TPSA) is 96.1 Å². The lowest BCUT2D eigenvalue weighted by molar-refractivity contribution is -0.136. The molecule has 2 amide bonds. The molecule has 3 aromatic rings. The number of fused-ring (bicyclic) bond motifs is 1. The summed E-state index contributed by atoms with van der Waals surface area (Å²) in [4.78, 5) is 32.9. The van der Waals surface area contributed by atoms with Crippen molar-refractivity contribution in [3.05, 3.63) is 70.4 Å². The van der Waals surface area contributed by atoms with Crippen LogP contribution in [0.3, 0.4) is 0 Å². The van der Waals surface area contributed by atoms with Gasteiger partial charge in [0.2, 0.25) is 0 Å². The van der Waals surface area contributed by atoms with Gasteiger partial charge in [-0.25, -0.2) is 14.6 Å². The van der Waals surface area contributed by atoms with E-state index in [1.807, 2.05) is 56.3 Å². The number of ether oxygens (including phenoxy) is 1. The minimum Gasteiger partial charge on any atom is -0.466 e. The van der Waals surface area contributed by atoms with E-state index in [1.54, 1.807) is 0 Å². The van der Waals surface area contributed by atoms with Gasteiger partial charge in [-0.15, -0.1) is 0 Å². The second-order valence-electron chi connectivity index (χ2n) is 7.12. The van der Waals surface area contributed by atoms with Crippen molar-refractivity contribution in [2.75, 3.05) is 12.9 Å². The molecule has 0 fully saturated rings. The number of imidazole rings is 1. The Morgan fingerprint density at radius 3 is 2.73 bits per heavy atom. The van der Waals surface area contributed by atoms with Gasteiger partial charge in [0.05, 0.1) is 29.8 Å². The SMILES string of the molecule is COC(=O)C1=C(CSc2nc3ccccc3[nH]2)NC(=O)NC1c1ccc(C)cc1C. The number of aryl methyl sites for hydroxylation is 2. The predicted octanol–water partition coefficient (Wildman–Crippen LogP) is 3.75. The van der Waals surface area contributed by atoms with Gasteiger partial charge in [-0.05, 0) is 37.1 Å². The molecular formula is C22H22N4O3S. The number of benzene rings is 2. The molecule has 0 saturated carbocycles. The molecule has 0 aliphatic carbocycles. The van der Waals surface area contributed by atoms with E-state index in [0.29, 0.717) is 22.2 Å². The standard InChI is InChI=1S/C22H22N4O3S/c1-12-8-9-14(13(2)10-12)19-18(20(27)29-3)17(23-21(28)26-19)11-30-22-24-15-6-4-5-7-16(15)25-22/h4-10,19H,11H2,1-3H3,(H,24,25)(H2,23,26,28). The fourth-order valence-electron chi connectivity index (χ4n) is 3.60. The minimum absolute atomic E-state index is 0.354. The van der Waals surface area contributed by atoms with Crippen molar-refractivity contribution >= 4 is 34.8 Å². The first-order valence-electron chi connectivity index (χ1n) is 9.50. The summed E-state index contributed by atoms with van der Waals surface area (Å²) >= 11 is 1.42. The number of thioether (sulfide) groups is 1. The molecular weight excluding hydrogens is 400 g/mol. The Balaban J connectivity index is 1.70. The summed E-state index contributed by atoms with van der Waals surface area (Å²) in [6.07, 6.45) is 0. The number of methoxy groups -OCH3 is 1. The monoisotopic (exact) mass is 422 g/mol. The highest BCUT2D eigenvalue weighted by atomic mass is 32.2. The molecule has 4 rings (SSSR count). The maximum Gasteiger partial charge on any atom is 0.338 e. The molecule has 0 bridgehead atoms. The van der Waals surface area contributed by atoms with Crippen molar-refractivity contribution in [1.82, 2.24) is 20.6 Å². The van der Waals surface area contributed by atoms with Gasteiger partial charge in [0.15, 0.2) is 5.16 Å². The summed E-state index contributed by atoms with van der Waals surface area (Å²) in [5, 5.41) is 6.36. The van der Waals surface area contributed by atoms with Crippen LogP contribution in [-0.4, -0.2) is 34.8 Å². The zero-order valence-electron chi connectivity index (χ0n) is 16.9. The number of esters is 1. The van der Waals surface area contributed by atoms with Crippen LogP contribution >= 0.6 is 11.8 Å². The molecule has 0 radical (unpaired) electrons. The molecule has 1 unspecified atom stereocenters. The highest BCUT2D eigenvalue weighted by molar-refractivity contribution is 7.99. The largest absolute Gasteiger partial charge is 0.466 e. The van der Waals surface area contributed by atoms with Crippen LogP contribution in [0.25, 0.3) is 11.0 Å². The maximum atomic E-state index is 12.7. The zero-order valence-corrected chi connectivity index (χ0v) is 17.7. The molecule has 1 aliphatic heterocycles. The first-order valence-corrected chi connectivity index (χ1v) is 10.5. The Hall–Kier alpha value is -3.26. The van der Waals surface area contributed by atoms with E-state index in [9.17, 15) is 9.59 Å². The minimum atomic E-state index is -0.585. The first kappa shape index (κ1) is 20.0.